The SMILES string of the molecule is CC[N+](C)(CC)CCCC(N=O)C(O)(c1ccccc1)c1ccccc1. The lowest BCUT2D eigenvalue weighted by Crippen LogP contribution is -2.45. The van der Waals surface area contributed by atoms with Gasteiger partial charge in [-0.25, -0.2) is 0 Å². The number of benzene rings is 2. The third-order valence-electron chi connectivity index (χ3n) is 5.74. The van der Waals surface area contributed by atoms with Gasteiger partial charge in [-0.05, 0) is 37.8 Å². The third-order valence-corrected chi connectivity index (χ3v) is 5.74. The predicted octanol–water partition coefficient (Wildman–Crippen LogP) is 4.32. The topological polar surface area (TPSA) is 49.7 Å². The smallest absolute Gasteiger partial charge is 0.140 e. The lowest BCUT2D eigenvalue weighted by atomic mass is 9.79. The van der Waals surface area contributed by atoms with Gasteiger partial charge >= 0.3 is 0 Å². The highest BCUT2D eigenvalue weighted by atomic mass is 16.3. The van der Waals surface area contributed by atoms with Gasteiger partial charge in [-0.15, -0.1) is 0 Å². The summed E-state index contributed by atoms with van der Waals surface area (Å²) in [5.41, 5.74) is 0.00426. The van der Waals surface area contributed by atoms with Crippen molar-refractivity contribution in [3.63, 3.8) is 0 Å². The van der Waals surface area contributed by atoms with Gasteiger partial charge in [0.25, 0.3) is 0 Å². The molecule has 0 bridgehead atoms. The van der Waals surface area contributed by atoms with Crippen molar-refractivity contribution in [2.75, 3.05) is 26.7 Å². The standard InChI is InChI=1S/C22H31N2O2/c1-4-24(3,5-2)18-12-17-21(23-26)22(25,19-13-8-6-9-14-19)20-15-10-7-11-16-20/h6-11,13-16,21,25H,4-5,12,17-18H2,1-3H3/q+1. The first-order valence-electron chi connectivity index (χ1n) is 9.49. The van der Waals surface area contributed by atoms with E-state index in [1.165, 1.54) is 0 Å². The van der Waals surface area contributed by atoms with Gasteiger partial charge in [0.2, 0.25) is 0 Å². The van der Waals surface area contributed by atoms with Crippen LogP contribution in [0.2, 0.25) is 0 Å². The maximum absolute atomic E-state index is 11.8. The highest BCUT2D eigenvalue weighted by Crippen LogP contribution is 2.36. The molecule has 0 spiro atoms. The lowest BCUT2D eigenvalue weighted by molar-refractivity contribution is -0.906. The van der Waals surface area contributed by atoms with Crippen LogP contribution in [0.15, 0.2) is 65.8 Å². The minimum atomic E-state index is -1.41. The number of quaternary nitrogens is 1. The minimum Gasteiger partial charge on any atom is -0.378 e. The van der Waals surface area contributed by atoms with Crippen LogP contribution in [0.4, 0.5) is 0 Å². The summed E-state index contributed by atoms with van der Waals surface area (Å²) in [7, 11) is 2.23. The molecule has 4 nitrogen and oxygen atoms in total. The summed E-state index contributed by atoms with van der Waals surface area (Å²) in [6, 6.07) is 18.1. The second-order valence-electron chi connectivity index (χ2n) is 7.24. The van der Waals surface area contributed by atoms with E-state index in [0.717, 1.165) is 30.5 Å². The Labute approximate surface area is 157 Å². The molecule has 4 heteroatoms. The fraction of sp³-hybridized carbons (Fsp3) is 0.455. The molecule has 0 aromatic heterocycles. The normalized spacial score (nSPS) is 13.4. The Bertz CT molecular complexity index is 630. The maximum Gasteiger partial charge on any atom is 0.140 e. The fourth-order valence-electron chi connectivity index (χ4n) is 3.48. The molecule has 0 heterocycles. The second kappa shape index (κ2) is 9.06. The van der Waals surface area contributed by atoms with E-state index in [0.29, 0.717) is 17.5 Å². The summed E-state index contributed by atoms with van der Waals surface area (Å²) in [5, 5.41) is 15.0. The van der Waals surface area contributed by atoms with Crippen LogP contribution >= 0.6 is 0 Å². The molecule has 0 saturated heterocycles. The zero-order chi connectivity index (χ0) is 19.0. The molecular formula is C22H31N2O2+. The number of hydrogen-bond donors (Lipinski definition) is 1. The van der Waals surface area contributed by atoms with Crippen molar-refractivity contribution in [3.8, 4) is 0 Å². The van der Waals surface area contributed by atoms with Crippen LogP contribution in [0.25, 0.3) is 0 Å². The van der Waals surface area contributed by atoms with Gasteiger partial charge in [0.05, 0.1) is 26.7 Å². The van der Waals surface area contributed by atoms with E-state index in [9.17, 15) is 10.0 Å². The van der Waals surface area contributed by atoms with Crippen LogP contribution in [0.1, 0.15) is 37.8 Å². The van der Waals surface area contributed by atoms with Crippen LogP contribution in [0.5, 0.6) is 0 Å². The van der Waals surface area contributed by atoms with E-state index in [1.54, 1.807) is 0 Å². The van der Waals surface area contributed by atoms with Gasteiger partial charge in [0.15, 0.2) is 0 Å². The van der Waals surface area contributed by atoms with Crippen molar-refractivity contribution in [3.05, 3.63) is 76.7 Å². The van der Waals surface area contributed by atoms with Crippen molar-refractivity contribution in [1.29, 1.82) is 0 Å². The number of hydrogen-bond acceptors (Lipinski definition) is 3. The summed E-state index contributed by atoms with van der Waals surface area (Å²) in [5.74, 6) is 0. The molecular weight excluding hydrogens is 324 g/mol. The Morgan fingerprint density at radius 2 is 1.42 bits per heavy atom. The molecule has 1 N–H and O–H groups in total. The zero-order valence-electron chi connectivity index (χ0n) is 16.1. The number of rotatable bonds is 10. The van der Waals surface area contributed by atoms with E-state index in [1.807, 2.05) is 60.7 Å². The van der Waals surface area contributed by atoms with E-state index >= 15 is 0 Å². The molecule has 2 rings (SSSR count). The second-order valence-corrected chi connectivity index (χ2v) is 7.24. The Kier molecular flexibility index (Phi) is 7.06. The van der Waals surface area contributed by atoms with Crippen molar-refractivity contribution >= 4 is 0 Å². The van der Waals surface area contributed by atoms with Crippen LogP contribution in [-0.4, -0.2) is 42.3 Å². The molecule has 0 aliphatic heterocycles. The zero-order valence-corrected chi connectivity index (χ0v) is 16.1. The molecule has 0 amide bonds. The van der Waals surface area contributed by atoms with Crippen LogP contribution in [0, 0.1) is 4.91 Å². The van der Waals surface area contributed by atoms with Crippen molar-refractivity contribution in [1.82, 2.24) is 0 Å². The maximum atomic E-state index is 11.8. The highest BCUT2D eigenvalue weighted by Gasteiger charge is 2.41. The van der Waals surface area contributed by atoms with E-state index in [2.05, 4.69) is 26.1 Å². The molecule has 2 aromatic rings. The van der Waals surface area contributed by atoms with Crippen molar-refractivity contribution in [2.45, 2.75) is 38.3 Å². The van der Waals surface area contributed by atoms with Gasteiger partial charge in [0.1, 0.15) is 11.6 Å². The first-order valence-corrected chi connectivity index (χ1v) is 9.49. The summed E-state index contributed by atoms with van der Waals surface area (Å²) >= 11 is 0. The molecule has 2 aromatic carbocycles. The van der Waals surface area contributed by atoms with Gasteiger partial charge in [-0.2, -0.15) is 4.91 Å². The Morgan fingerprint density at radius 1 is 0.962 bits per heavy atom. The van der Waals surface area contributed by atoms with Crippen molar-refractivity contribution in [2.24, 2.45) is 5.18 Å². The van der Waals surface area contributed by atoms with Gasteiger partial charge in [-0.3, -0.25) is 0 Å². The number of nitrogens with zero attached hydrogens (tertiary/aromatic N) is 2. The van der Waals surface area contributed by atoms with E-state index in [-0.39, 0.29) is 0 Å². The average molecular weight is 356 g/mol. The average Bonchev–Trinajstić information content (AvgIpc) is 2.71. The first-order chi connectivity index (χ1) is 12.5. The van der Waals surface area contributed by atoms with Crippen molar-refractivity contribution < 1.29 is 9.59 Å². The van der Waals surface area contributed by atoms with Crippen LogP contribution in [0.3, 0.4) is 0 Å². The van der Waals surface area contributed by atoms with Gasteiger partial charge in [0, 0.05) is 0 Å². The molecule has 0 aliphatic rings. The monoisotopic (exact) mass is 355 g/mol. The molecule has 0 aliphatic carbocycles. The fourth-order valence-corrected chi connectivity index (χ4v) is 3.48. The Balaban J connectivity index is 2.30. The molecule has 0 saturated carbocycles. The predicted molar refractivity (Wildman–Crippen MR) is 107 cm³/mol. The highest BCUT2D eigenvalue weighted by molar-refractivity contribution is 5.38. The molecule has 1 atom stereocenters. The van der Waals surface area contributed by atoms with E-state index < -0.39 is 11.6 Å². The van der Waals surface area contributed by atoms with Gasteiger partial charge < -0.3 is 9.59 Å². The summed E-state index contributed by atoms with van der Waals surface area (Å²) in [6.07, 6.45) is 1.40. The van der Waals surface area contributed by atoms with Crippen LogP contribution in [-0.2, 0) is 5.60 Å². The molecule has 140 valence electrons. The molecule has 0 radical (unpaired) electrons. The third kappa shape index (κ3) is 4.37. The van der Waals surface area contributed by atoms with E-state index in [4.69, 9.17) is 0 Å². The Morgan fingerprint density at radius 3 is 1.81 bits per heavy atom. The number of aliphatic hydroxyl groups is 1. The summed E-state index contributed by atoms with van der Waals surface area (Å²) < 4.78 is 0.959. The molecule has 1 unspecified atom stereocenters. The Hall–Kier alpha value is -2.04. The molecule has 26 heavy (non-hydrogen) atoms. The largest absolute Gasteiger partial charge is 0.378 e. The summed E-state index contributed by atoms with van der Waals surface area (Å²) in [4.78, 5) is 11.8. The summed E-state index contributed by atoms with van der Waals surface area (Å²) in [6.45, 7) is 7.44. The van der Waals surface area contributed by atoms with Gasteiger partial charge in [-0.1, -0.05) is 65.8 Å². The minimum absolute atomic E-state index is 0.553. The quantitative estimate of drug-likeness (QED) is 0.509. The lowest BCUT2D eigenvalue weighted by Gasteiger charge is -2.35. The van der Waals surface area contributed by atoms with Crippen LogP contribution < -0.4 is 0 Å². The molecule has 0 fully saturated rings. The first kappa shape index (κ1) is 20.3. The number of nitroso groups, excluding NO2 is 1.